The van der Waals surface area contributed by atoms with Crippen molar-refractivity contribution in [1.29, 1.82) is 0 Å². The molecule has 0 aliphatic carbocycles. The Kier molecular flexibility index (Phi) is 5.53. The molecule has 1 aliphatic rings. The first-order valence-corrected chi connectivity index (χ1v) is 8.08. The van der Waals surface area contributed by atoms with Gasteiger partial charge in [-0.15, -0.1) is 0 Å². The standard InChI is InChI=1S/C16H25N3O2/c1-3-12-13(4-2)17-18-15(20)14(12)16(21)19-10-8-6-5-7-9-11-19/h3-11H2,1-2H3,(H,18,20). The minimum absolute atomic E-state index is 0.118. The summed E-state index contributed by atoms with van der Waals surface area (Å²) in [6.45, 7) is 5.47. The number of carbonyl (C=O) groups excluding carboxylic acids is 1. The Morgan fingerprint density at radius 3 is 2.29 bits per heavy atom. The normalized spacial score (nSPS) is 16.4. The molecule has 0 aromatic carbocycles. The minimum atomic E-state index is -0.351. The summed E-state index contributed by atoms with van der Waals surface area (Å²) in [5.74, 6) is -0.118. The van der Waals surface area contributed by atoms with Gasteiger partial charge in [0.2, 0.25) is 0 Å². The summed E-state index contributed by atoms with van der Waals surface area (Å²) >= 11 is 0. The van der Waals surface area contributed by atoms with E-state index in [9.17, 15) is 9.59 Å². The molecule has 0 saturated carbocycles. The van der Waals surface area contributed by atoms with Crippen molar-refractivity contribution in [2.45, 2.75) is 58.8 Å². The molecule has 0 radical (unpaired) electrons. The largest absolute Gasteiger partial charge is 0.338 e. The molecule has 2 rings (SSSR count). The topological polar surface area (TPSA) is 66.1 Å². The second kappa shape index (κ2) is 7.38. The monoisotopic (exact) mass is 291 g/mol. The van der Waals surface area contributed by atoms with E-state index in [0.29, 0.717) is 12.0 Å². The Balaban J connectivity index is 2.35. The van der Waals surface area contributed by atoms with Gasteiger partial charge in [-0.3, -0.25) is 9.59 Å². The lowest BCUT2D eigenvalue weighted by atomic mass is 10.0. The lowest BCUT2D eigenvalue weighted by Gasteiger charge is -2.25. The Hall–Kier alpha value is -1.65. The first-order chi connectivity index (χ1) is 10.2. The van der Waals surface area contributed by atoms with Crippen LogP contribution in [0.2, 0.25) is 0 Å². The Bertz CT molecular complexity index is 543. The molecule has 5 heteroatoms. The van der Waals surface area contributed by atoms with Crippen molar-refractivity contribution in [2.24, 2.45) is 0 Å². The third-order valence-corrected chi connectivity index (χ3v) is 4.22. The van der Waals surface area contributed by atoms with Gasteiger partial charge in [-0.25, -0.2) is 5.10 Å². The van der Waals surface area contributed by atoms with Gasteiger partial charge in [0.1, 0.15) is 5.56 Å². The van der Waals surface area contributed by atoms with Crippen LogP contribution in [-0.4, -0.2) is 34.1 Å². The van der Waals surface area contributed by atoms with E-state index < -0.39 is 0 Å². The van der Waals surface area contributed by atoms with Crippen LogP contribution >= 0.6 is 0 Å². The summed E-state index contributed by atoms with van der Waals surface area (Å²) in [6, 6.07) is 0. The molecule has 1 aliphatic heterocycles. The van der Waals surface area contributed by atoms with Gasteiger partial charge in [-0.05, 0) is 31.2 Å². The number of nitrogens with zero attached hydrogens (tertiary/aromatic N) is 2. The lowest BCUT2D eigenvalue weighted by Crippen LogP contribution is -2.38. The Morgan fingerprint density at radius 2 is 1.71 bits per heavy atom. The number of likely N-dealkylation sites (tertiary alicyclic amines) is 1. The molecule has 0 unspecified atom stereocenters. The smallest absolute Gasteiger partial charge is 0.277 e. The zero-order chi connectivity index (χ0) is 15.2. The Morgan fingerprint density at radius 1 is 1.10 bits per heavy atom. The molecular formula is C16H25N3O2. The van der Waals surface area contributed by atoms with E-state index in [1.54, 1.807) is 0 Å². The zero-order valence-corrected chi connectivity index (χ0v) is 13.1. The van der Waals surface area contributed by atoms with Crippen molar-refractivity contribution >= 4 is 5.91 Å². The number of aromatic amines is 1. The van der Waals surface area contributed by atoms with Crippen molar-refractivity contribution in [3.63, 3.8) is 0 Å². The summed E-state index contributed by atoms with van der Waals surface area (Å²) in [5.41, 5.74) is 1.60. The number of hydrogen-bond donors (Lipinski definition) is 1. The van der Waals surface area contributed by atoms with Crippen molar-refractivity contribution in [3.8, 4) is 0 Å². The summed E-state index contributed by atoms with van der Waals surface area (Å²) in [4.78, 5) is 26.8. The lowest BCUT2D eigenvalue weighted by molar-refractivity contribution is 0.0739. The highest BCUT2D eigenvalue weighted by Gasteiger charge is 2.24. The fourth-order valence-corrected chi connectivity index (χ4v) is 3.03. The number of rotatable bonds is 3. The highest BCUT2D eigenvalue weighted by atomic mass is 16.2. The number of amides is 1. The van der Waals surface area contributed by atoms with Crippen LogP contribution in [-0.2, 0) is 12.8 Å². The predicted molar refractivity (Wildman–Crippen MR) is 82.6 cm³/mol. The average Bonchev–Trinajstić information content (AvgIpc) is 2.45. The number of hydrogen-bond acceptors (Lipinski definition) is 3. The molecule has 1 N–H and O–H groups in total. The number of H-pyrrole nitrogens is 1. The molecule has 2 heterocycles. The second-order valence-electron chi connectivity index (χ2n) is 5.62. The predicted octanol–water partition coefficient (Wildman–Crippen LogP) is 2.30. The number of aryl methyl sites for hydroxylation is 1. The van der Waals surface area contributed by atoms with Gasteiger partial charge < -0.3 is 4.90 Å². The summed E-state index contributed by atoms with van der Waals surface area (Å²) in [7, 11) is 0. The molecular weight excluding hydrogens is 266 g/mol. The second-order valence-corrected chi connectivity index (χ2v) is 5.62. The highest BCUT2D eigenvalue weighted by Crippen LogP contribution is 2.16. The Labute approximate surface area is 125 Å². The van der Waals surface area contributed by atoms with Crippen molar-refractivity contribution < 1.29 is 4.79 Å². The van der Waals surface area contributed by atoms with Gasteiger partial charge in [0.05, 0.1) is 5.69 Å². The average molecular weight is 291 g/mol. The van der Waals surface area contributed by atoms with Crippen LogP contribution in [0.1, 0.15) is 67.6 Å². The van der Waals surface area contributed by atoms with Crippen LogP contribution in [0, 0.1) is 0 Å². The molecule has 21 heavy (non-hydrogen) atoms. The van der Waals surface area contributed by atoms with Gasteiger partial charge in [0.25, 0.3) is 11.5 Å². The summed E-state index contributed by atoms with van der Waals surface area (Å²) in [5, 5.41) is 6.57. The first-order valence-electron chi connectivity index (χ1n) is 8.08. The quantitative estimate of drug-likeness (QED) is 0.929. The van der Waals surface area contributed by atoms with E-state index in [2.05, 4.69) is 10.2 Å². The van der Waals surface area contributed by atoms with E-state index in [0.717, 1.165) is 56.5 Å². The summed E-state index contributed by atoms with van der Waals surface area (Å²) in [6.07, 6.45) is 7.01. The minimum Gasteiger partial charge on any atom is -0.338 e. The zero-order valence-electron chi connectivity index (χ0n) is 13.1. The van der Waals surface area contributed by atoms with E-state index in [4.69, 9.17) is 0 Å². The molecule has 0 bridgehead atoms. The van der Waals surface area contributed by atoms with Crippen LogP contribution < -0.4 is 5.56 Å². The molecule has 5 nitrogen and oxygen atoms in total. The maximum Gasteiger partial charge on any atom is 0.277 e. The van der Waals surface area contributed by atoms with Gasteiger partial charge in [-0.2, -0.15) is 5.10 Å². The highest BCUT2D eigenvalue weighted by molar-refractivity contribution is 5.95. The number of nitrogens with one attached hydrogen (secondary N) is 1. The molecule has 1 saturated heterocycles. The molecule has 1 aromatic heterocycles. The van der Waals surface area contributed by atoms with E-state index in [1.165, 1.54) is 6.42 Å². The molecule has 1 amide bonds. The van der Waals surface area contributed by atoms with Crippen molar-refractivity contribution in [1.82, 2.24) is 15.1 Å². The number of carbonyl (C=O) groups is 1. The number of aromatic nitrogens is 2. The maximum atomic E-state index is 12.8. The third kappa shape index (κ3) is 3.52. The van der Waals surface area contributed by atoms with Gasteiger partial charge >= 0.3 is 0 Å². The van der Waals surface area contributed by atoms with Crippen molar-refractivity contribution in [2.75, 3.05) is 13.1 Å². The first kappa shape index (κ1) is 15.7. The summed E-state index contributed by atoms with van der Waals surface area (Å²) < 4.78 is 0. The molecule has 1 fully saturated rings. The van der Waals surface area contributed by atoms with Crippen molar-refractivity contribution in [3.05, 3.63) is 27.2 Å². The molecule has 0 spiro atoms. The van der Waals surface area contributed by atoms with Gasteiger partial charge in [-0.1, -0.05) is 33.1 Å². The maximum absolute atomic E-state index is 12.8. The van der Waals surface area contributed by atoms with Gasteiger partial charge in [0.15, 0.2) is 0 Å². The van der Waals surface area contributed by atoms with Crippen LogP contribution in [0.3, 0.4) is 0 Å². The fraction of sp³-hybridized carbons (Fsp3) is 0.688. The molecule has 0 atom stereocenters. The fourth-order valence-electron chi connectivity index (χ4n) is 3.03. The SMILES string of the molecule is CCc1n[nH]c(=O)c(C(=O)N2CCCCCCC2)c1CC. The van der Waals surface area contributed by atoms with Crippen LogP contribution in [0.15, 0.2) is 4.79 Å². The van der Waals surface area contributed by atoms with Crippen LogP contribution in [0.25, 0.3) is 0 Å². The van der Waals surface area contributed by atoms with Crippen LogP contribution in [0.5, 0.6) is 0 Å². The van der Waals surface area contributed by atoms with Crippen LogP contribution in [0.4, 0.5) is 0 Å². The van der Waals surface area contributed by atoms with Gasteiger partial charge in [0, 0.05) is 13.1 Å². The molecule has 116 valence electrons. The third-order valence-electron chi connectivity index (χ3n) is 4.22. The van der Waals surface area contributed by atoms with E-state index in [-0.39, 0.29) is 11.5 Å². The molecule has 1 aromatic rings. The van der Waals surface area contributed by atoms with E-state index in [1.807, 2.05) is 18.7 Å². The van der Waals surface area contributed by atoms with E-state index >= 15 is 0 Å².